The lowest BCUT2D eigenvalue weighted by Gasteiger charge is -2.28. The monoisotopic (exact) mass is 250 g/mol. The van der Waals surface area contributed by atoms with Crippen LogP contribution >= 0.6 is 0 Å². The maximum atomic E-state index is 5.63. The number of aromatic nitrogens is 2. The highest BCUT2D eigenvalue weighted by Crippen LogP contribution is 2.28. The fraction of sp³-hybridized carbons (Fsp3) is 0.667. The molecule has 1 aromatic rings. The zero-order valence-corrected chi connectivity index (χ0v) is 10.8. The first-order chi connectivity index (χ1) is 8.71. The van der Waals surface area contributed by atoms with Gasteiger partial charge in [-0.05, 0) is 31.6 Å². The van der Waals surface area contributed by atoms with Gasteiger partial charge in [-0.15, -0.1) is 0 Å². The lowest BCUT2D eigenvalue weighted by molar-refractivity contribution is 0.330. The predicted molar refractivity (Wildman–Crippen MR) is 73.9 cm³/mol. The van der Waals surface area contributed by atoms with Crippen molar-refractivity contribution in [2.45, 2.75) is 45.1 Å². The Labute approximate surface area is 108 Å². The summed E-state index contributed by atoms with van der Waals surface area (Å²) in [5.74, 6) is 7.73. The van der Waals surface area contributed by atoms with Gasteiger partial charge in [-0.2, -0.15) is 9.97 Å². The van der Waals surface area contributed by atoms with Gasteiger partial charge < -0.3 is 16.5 Å². The minimum Gasteiger partial charge on any atom is -0.368 e. The number of rotatable bonds is 4. The second kappa shape index (κ2) is 5.86. The first-order valence-corrected chi connectivity index (χ1v) is 6.59. The molecule has 1 saturated carbocycles. The van der Waals surface area contributed by atoms with Crippen LogP contribution < -0.4 is 22.3 Å². The average molecular weight is 250 g/mol. The summed E-state index contributed by atoms with van der Waals surface area (Å²) in [5.41, 5.74) is 8.12. The van der Waals surface area contributed by atoms with Gasteiger partial charge in [0.2, 0.25) is 5.95 Å². The Hall–Kier alpha value is -1.56. The van der Waals surface area contributed by atoms with Crippen molar-refractivity contribution in [3.8, 4) is 0 Å². The molecule has 0 bridgehead atoms. The third kappa shape index (κ3) is 3.22. The maximum absolute atomic E-state index is 5.63. The molecule has 100 valence electrons. The van der Waals surface area contributed by atoms with Crippen LogP contribution in [0.2, 0.25) is 0 Å². The Morgan fingerprint density at radius 1 is 1.22 bits per heavy atom. The summed E-state index contributed by atoms with van der Waals surface area (Å²) in [5, 5.41) is 3.41. The van der Waals surface area contributed by atoms with Gasteiger partial charge >= 0.3 is 0 Å². The fourth-order valence-electron chi connectivity index (χ4n) is 2.54. The van der Waals surface area contributed by atoms with Crippen molar-refractivity contribution >= 4 is 17.6 Å². The molecule has 0 unspecified atom stereocenters. The largest absolute Gasteiger partial charge is 0.368 e. The number of nitrogen functional groups attached to an aromatic ring is 2. The lowest BCUT2D eigenvalue weighted by atomic mass is 9.84. The highest BCUT2D eigenvalue weighted by atomic mass is 15.3. The SMILES string of the molecule is CCC1CCC(Nc2cc(NN)nc(N)n2)CC1. The van der Waals surface area contributed by atoms with Crippen molar-refractivity contribution in [2.75, 3.05) is 16.5 Å². The summed E-state index contributed by atoms with van der Waals surface area (Å²) in [6, 6.07) is 2.26. The van der Waals surface area contributed by atoms with Crippen molar-refractivity contribution in [2.24, 2.45) is 11.8 Å². The molecule has 0 atom stereocenters. The van der Waals surface area contributed by atoms with E-state index in [-0.39, 0.29) is 5.95 Å². The van der Waals surface area contributed by atoms with Gasteiger partial charge in [-0.25, -0.2) is 5.84 Å². The van der Waals surface area contributed by atoms with Crippen LogP contribution in [-0.4, -0.2) is 16.0 Å². The Kier molecular flexibility index (Phi) is 4.19. The van der Waals surface area contributed by atoms with Gasteiger partial charge in [0.15, 0.2) is 0 Å². The van der Waals surface area contributed by atoms with Crippen molar-refractivity contribution in [3.63, 3.8) is 0 Å². The molecular formula is C12H22N6. The maximum Gasteiger partial charge on any atom is 0.223 e. The normalized spacial score (nSPS) is 23.7. The Morgan fingerprint density at radius 3 is 2.50 bits per heavy atom. The van der Waals surface area contributed by atoms with E-state index in [2.05, 4.69) is 27.6 Å². The van der Waals surface area contributed by atoms with E-state index in [0.717, 1.165) is 11.7 Å². The van der Waals surface area contributed by atoms with Crippen LogP contribution in [0.4, 0.5) is 17.6 Å². The van der Waals surface area contributed by atoms with Gasteiger partial charge in [0.25, 0.3) is 0 Å². The van der Waals surface area contributed by atoms with Crippen LogP contribution in [0.15, 0.2) is 6.07 Å². The molecule has 0 aromatic carbocycles. The van der Waals surface area contributed by atoms with E-state index in [4.69, 9.17) is 11.6 Å². The number of nitrogens with two attached hydrogens (primary N) is 2. The number of hydrogen-bond donors (Lipinski definition) is 4. The summed E-state index contributed by atoms with van der Waals surface area (Å²) in [6.07, 6.45) is 6.24. The molecular weight excluding hydrogens is 228 g/mol. The highest BCUT2D eigenvalue weighted by molar-refractivity contribution is 5.50. The van der Waals surface area contributed by atoms with E-state index >= 15 is 0 Å². The molecule has 2 rings (SSSR count). The highest BCUT2D eigenvalue weighted by Gasteiger charge is 2.20. The molecule has 1 aliphatic rings. The smallest absolute Gasteiger partial charge is 0.223 e. The summed E-state index contributed by atoms with van der Waals surface area (Å²) >= 11 is 0. The average Bonchev–Trinajstić information content (AvgIpc) is 2.39. The van der Waals surface area contributed by atoms with Crippen molar-refractivity contribution in [1.29, 1.82) is 0 Å². The molecule has 18 heavy (non-hydrogen) atoms. The molecule has 0 amide bonds. The van der Waals surface area contributed by atoms with Crippen molar-refractivity contribution < 1.29 is 0 Å². The molecule has 1 fully saturated rings. The standard InChI is InChI=1S/C12H22N6/c1-2-8-3-5-9(6-4-8)15-10-7-11(18-14)17-12(13)16-10/h7-9H,2-6,14H2,1H3,(H4,13,15,16,17,18). The van der Waals surface area contributed by atoms with E-state index in [9.17, 15) is 0 Å². The number of nitrogens with zero attached hydrogens (tertiary/aromatic N) is 2. The van der Waals surface area contributed by atoms with E-state index < -0.39 is 0 Å². The third-order valence-corrected chi connectivity index (χ3v) is 3.67. The van der Waals surface area contributed by atoms with Gasteiger partial charge in [-0.1, -0.05) is 13.3 Å². The fourth-order valence-corrected chi connectivity index (χ4v) is 2.54. The first kappa shape index (κ1) is 12.9. The molecule has 0 spiro atoms. The number of anilines is 3. The minimum absolute atomic E-state index is 0.232. The van der Waals surface area contributed by atoms with Crippen molar-refractivity contribution in [3.05, 3.63) is 6.07 Å². The summed E-state index contributed by atoms with van der Waals surface area (Å²) < 4.78 is 0. The Morgan fingerprint density at radius 2 is 1.89 bits per heavy atom. The molecule has 1 heterocycles. The van der Waals surface area contributed by atoms with E-state index in [0.29, 0.717) is 11.9 Å². The van der Waals surface area contributed by atoms with E-state index in [1.807, 2.05) is 0 Å². The molecule has 6 N–H and O–H groups in total. The molecule has 6 nitrogen and oxygen atoms in total. The number of hydrazine groups is 1. The molecule has 1 aromatic heterocycles. The van der Waals surface area contributed by atoms with Crippen LogP contribution in [0.5, 0.6) is 0 Å². The van der Waals surface area contributed by atoms with E-state index in [1.165, 1.54) is 32.1 Å². The second-order valence-corrected chi connectivity index (χ2v) is 4.91. The third-order valence-electron chi connectivity index (χ3n) is 3.67. The quantitative estimate of drug-likeness (QED) is 0.479. The van der Waals surface area contributed by atoms with Gasteiger partial charge in [-0.3, -0.25) is 0 Å². The molecule has 0 radical (unpaired) electrons. The lowest BCUT2D eigenvalue weighted by Crippen LogP contribution is -2.26. The van der Waals surface area contributed by atoms with Crippen LogP contribution in [0.25, 0.3) is 0 Å². The second-order valence-electron chi connectivity index (χ2n) is 4.91. The summed E-state index contributed by atoms with van der Waals surface area (Å²) in [4.78, 5) is 8.14. The van der Waals surface area contributed by atoms with Gasteiger partial charge in [0.05, 0.1) is 0 Å². The molecule has 0 aliphatic heterocycles. The van der Waals surface area contributed by atoms with Crippen LogP contribution in [0.1, 0.15) is 39.0 Å². The van der Waals surface area contributed by atoms with Crippen LogP contribution in [-0.2, 0) is 0 Å². The van der Waals surface area contributed by atoms with Crippen LogP contribution in [0.3, 0.4) is 0 Å². The zero-order valence-electron chi connectivity index (χ0n) is 10.8. The Balaban J connectivity index is 1.95. The van der Waals surface area contributed by atoms with Crippen LogP contribution in [0, 0.1) is 5.92 Å². The molecule has 1 aliphatic carbocycles. The predicted octanol–water partition coefficient (Wildman–Crippen LogP) is 1.73. The van der Waals surface area contributed by atoms with E-state index in [1.54, 1.807) is 6.07 Å². The summed E-state index contributed by atoms with van der Waals surface area (Å²) in [7, 11) is 0. The molecule has 6 heteroatoms. The van der Waals surface area contributed by atoms with Gasteiger partial charge in [0.1, 0.15) is 11.6 Å². The molecule has 0 saturated heterocycles. The van der Waals surface area contributed by atoms with Crippen molar-refractivity contribution in [1.82, 2.24) is 9.97 Å². The Bertz CT molecular complexity index is 386. The zero-order chi connectivity index (χ0) is 13.0. The first-order valence-electron chi connectivity index (χ1n) is 6.59. The summed E-state index contributed by atoms with van der Waals surface area (Å²) in [6.45, 7) is 2.27. The topological polar surface area (TPSA) is 102 Å². The van der Waals surface area contributed by atoms with Gasteiger partial charge in [0, 0.05) is 12.1 Å². The number of nitrogens with one attached hydrogen (secondary N) is 2. The minimum atomic E-state index is 0.232. The number of hydrogen-bond acceptors (Lipinski definition) is 6.